The highest BCUT2D eigenvalue weighted by Gasteiger charge is 2.39. The lowest BCUT2D eigenvalue weighted by molar-refractivity contribution is 0.660. The first-order chi connectivity index (χ1) is 29.1. The summed E-state index contributed by atoms with van der Waals surface area (Å²) in [4.78, 5) is 2.39. The summed E-state index contributed by atoms with van der Waals surface area (Å²) in [6.45, 7) is 9.29. The van der Waals surface area contributed by atoms with Crippen molar-refractivity contribution in [2.45, 2.75) is 38.5 Å². The summed E-state index contributed by atoms with van der Waals surface area (Å²) in [7, 11) is -3.16. The number of anilines is 3. The molecule has 2 aliphatic rings. The maximum absolute atomic E-state index is 10.2. The van der Waals surface area contributed by atoms with Gasteiger partial charge in [0.1, 0.15) is 0 Å². The molecule has 0 aromatic heterocycles. The first kappa shape index (κ1) is 33.6. The van der Waals surface area contributed by atoms with E-state index in [-0.39, 0.29) is 16.9 Å². The van der Waals surface area contributed by atoms with Crippen molar-refractivity contribution in [1.82, 2.24) is 0 Å². The van der Waals surface area contributed by atoms with Gasteiger partial charge in [0.05, 0.1) is 2.74 Å². The Morgan fingerprint density at radius 1 is 0.397 bits per heavy atom. The topological polar surface area (TPSA) is 3.24 Å². The number of fused-ring (bicyclic) bond motifs is 6. The fourth-order valence-electron chi connectivity index (χ4n) is 9.74. The van der Waals surface area contributed by atoms with Crippen LogP contribution < -0.4 is 20.5 Å². The highest BCUT2D eigenvalue weighted by Crippen LogP contribution is 2.53. The van der Waals surface area contributed by atoms with Crippen LogP contribution >= 0.6 is 0 Å². The zero-order valence-electron chi connectivity index (χ0n) is 35.5. The minimum Gasteiger partial charge on any atom is -0.310 e. The monoisotopic (exact) mass is 763 g/mol. The van der Waals surface area contributed by atoms with Gasteiger partial charge in [-0.25, -0.2) is 0 Å². The quantitative estimate of drug-likeness (QED) is 0.110. The molecule has 0 aliphatic heterocycles. The second-order valence-electron chi connectivity index (χ2n) is 16.8. The number of hydrogen-bond acceptors (Lipinski definition) is 1. The van der Waals surface area contributed by atoms with E-state index in [1.54, 1.807) is 0 Å². The van der Waals surface area contributed by atoms with E-state index >= 15 is 0 Å². The Morgan fingerprint density at radius 3 is 1.31 bits per heavy atom. The Morgan fingerprint density at radius 2 is 0.793 bits per heavy atom. The van der Waals surface area contributed by atoms with E-state index in [0.717, 1.165) is 38.2 Å². The molecule has 280 valence electrons. The molecule has 1 nitrogen and oxygen atoms in total. The number of rotatable bonds is 8. The second-order valence-corrected chi connectivity index (χ2v) is 20.3. The maximum atomic E-state index is 10.2. The Labute approximate surface area is 347 Å². The van der Waals surface area contributed by atoms with E-state index in [9.17, 15) is 2.74 Å². The Hall–Kier alpha value is -6.48. The summed E-state index contributed by atoms with van der Waals surface area (Å²) < 4.78 is 20.1. The van der Waals surface area contributed by atoms with Crippen molar-refractivity contribution in [2.24, 2.45) is 0 Å². The van der Waals surface area contributed by atoms with Crippen LogP contribution in [0, 0.1) is 0 Å². The fourth-order valence-corrected chi connectivity index (χ4v) is 13.6. The van der Waals surface area contributed by atoms with Gasteiger partial charge in [-0.15, -0.1) is 0 Å². The molecular weight excluding hydrogens is 715 g/mol. The molecule has 0 saturated carbocycles. The largest absolute Gasteiger partial charge is 0.310 e. The third-order valence-electron chi connectivity index (χ3n) is 12.8. The van der Waals surface area contributed by atoms with Gasteiger partial charge in [-0.2, -0.15) is 0 Å². The van der Waals surface area contributed by atoms with Crippen LogP contribution in [-0.2, 0) is 10.8 Å². The van der Waals surface area contributed by atoms with Crippen molar-refractivity contribution in [3.8, 4) is 22.3 Å². The molecule has 0 N–H and O–H groups in total. The van der Waals surface area contributed by atoms with E-state index in [1.807, 2.05) is 18.2 Å². The molecule has 0 amide bonds. The Kier molecular flexibility index (Phi) is 8.04. The van der Waals surface area contributed by atoms with Crippen LogP contribution in [0.25, 0.3) is 28.3 Å². The number of para-hydroxylation sites is 1. The third kappa shape index (κ3) is 5.66. The van der Waals surface area contributed by atoms with E-state index < -0.39 is 8.07 Å². The molecule has 8 aromatic carbocycles. The van der Waals surface area contributed by atoms with Crippen LogP contribution in [-0.4, -0.2) is 8.07 Å². The van der Waals surface area contributed by atoms with E-state index in [1.165, 1.54) is 44.5 Å². The first-order valence-electron chi connectivity index (χ1n) is 21.4. The standard InChI is InChI=1S/C56H47NSi/c1-55(2)51-28-18-17-27-47(51)49-33-30-42(38-53(49)55)57(41-19-9-5-10-20-41)43-31-34-50-48-32-29-40(37-52(48)56(3,4)54(50)39-43)35-36-58(44-21-11-6-12-22-44,45-23-13-7-14-24-45)46-25-15-8-16-26-46/h5-39H,1-4H3/b36-35+/i35D,36D. The lowest BCUT2D eigenvalue weighted by Gasteiger charge is -2.31. The normalized spacial score (nSPS) is 15.2. The molecule has 0 atom stereocenters. The summed E-state index contributed by atoms with van der Waals surface area (Å²) in [6, 6.07) is 71.5. The molecule has 2 heteroatoms. The first-order valence-corrected chi connectivity index (χ1v) is 22.4. The zero-order chi connectivity index (χ0) is 41.2. The summed E-state index contributed by atoms with van der Waals surface area (Å²) >= 11 is 0. The summed E-state index contributed by atoms with van der Waals surface area (Å²) in [6.07, 6.45) is 0. The third-order valence-corrected chi connectivity index (χ3v) is 16.9. The smallest absolute Gasteiger partial charge is 0.172 e. The molecule has 10 rings (SSSR count). The van der Waals surface area contributed by atoms with Gasteiger partial charge in [-0.05, 0) is 102 Å². The van der Waals surface area contributed by atoms with Gasteiger partial charge < -0.3 is 4.90 Å². The highest BCUT2D eigenvalue weighted by molar-refractivity contribution is 7.15. The van der Waals surface area contributed by atoms with Crippen LogP contribution in [0.1, 0.15) is 58.3 Å². The summed E-state index contributed by atoms with van der Waals surface area (Å²) in [5, 5.41) is 3.29. The number of nitrogens with zero attached hydrogens (tertiary/aromatic N) is 1. The van der Waals surface area contributed by atoms with Gasteiger partial charge in [0.2, 0.25) is 0 Å². The predicted octanol–water partition coefficient (Wildman–Crippen LogP) is 12.5. The van der Waals surface area contributed by atoms with Crippen LogP contribution in [0.2, 0.25) is 0 Å². The van der Waals surface area contributed by atoms with Crippen molar-refractivity contribution >= 4 is 46.7 Å². The van der Waals surface area contributed by atoms with Crippen molar-refractivity contribution in [3.05, 3.63) is 234 Å². The minimum atomic E-state index is -3.16. The lowest BCUT2D eigenvalue weighted by atomic mass is 9.81. The molecule has 0 heterocycles. The maximum Gasteiger partial charge on any atom is 0.172 e. The van der Waals surface area contributed by atoms with E-state index in [2.05, 4.69) is 215 Å². The SMILES string of the molecule is [2H]/C(=C(/[2H])[Si](c1ccccc1)(c1ccccc1)c1ccccc1)c1ccc2c(c1)C(C)(C)c1cc(N(c3ccccc3)c3ccc4c(c3)C(C)(C)c3ccccc3-4)ccc1-2. The summed E-state index contributed by atoms with van der Waals surface area (Å²) in [5.74, 6) is 0. The van der Waals surface area contributed by atoms with Gasteiger partial charge in [-0.3, -0.25) is 0 Å². The van der Waals surface area contributed by atoms with E-state index in [4.69, 9.17) is 0 Å². The van der Waals surface area contributed by atoms with Crippen LogP contribution in [0.5, 0.6) is 0 Å². The van der Waals surface area contributed by atoms with Gasteiger partial charge in [0, 0.05) is 27.9 Å². The van der Waals surface area contributed by atoms with Crippen LogP contribution in [0.15, 0.2) is 206 Å². The average Bonchev–Trinajstić information content (AvgIpc) is 3.66. The van der Waals surface area contributed by atoms with Gasteiger partial charge in [0.25, 0.3) is 0 Å². The van der Waals surface area contributed by atoms with Gasteiger partial charge in [0.15, 0.2) is 8.07 Å². The fraction of sp³-hybridized carbons (Fsp3) is 0.107. The highest BCUT2D eigenvalue weighted by atomic mass is 28.3. The molecule has 0 spiro atoms. The molecular formula is C56H47NSi. The average molecular weight is 764 g/mol. The molecule has 0 fully saturated rings. The number of benzene rings is 8. The van der Waals surface area contributed by atoms with Crippen molar-refractivity contribution in [3.63, 3.8) is 0 Å². The van der Waals surface area contributed by atoms with Crippen LogP contribution in [0.3, 0.4) is 0 Å². The zero-order valence-corrected chi connectivity index (χ0v) is 34.5. The van der Waals surface area contributed by atoms with Crippen LogP contribution in [0.4, 0.5) is 17.1 Å². The summed E-state index contributed by atoms with van der Waals surface area (Å²) in [5.41, 5.74) is 14.2. The van der Waals surface area contributed by atoms with Gasteiger partial charge >= 0.3 is 0 Å². The molecule has 8 aromatic rings. The number of hydrogen-bond donors (Lipinski definition) is 0. The molecule has 0 unspecified atom stereocenters. The molecule has 0 saturated heterocycles. The predicted molar refractivity (Wildman–Crippen MR) is 249 cm³/mol. The molecule has 2 aliphatic carbocycles. The van der Waals surface area contributed by atoms with E-state index in [0.29, 0.717) is 5.68 Å². The van der Waals surface area contributed by atoms with Gasteiger partial charge in [-0.1, -0.05) is 203 Å². The Bertz CT molecular complexity index is 2840. The molecule has 0 radical (unpaired) electrons. The lowest BCUT2D eigenvalue weighted by Crippen LogP contribution is -2.66. The van der Waals surface area contributed by atoms with Crippen molar-refractivity contribution in [2.75, 3.05) is 4.90 Å². The molecule has 58 heavy (non-hydrogen) atoms. The minimum absolute atomic E-state index is 0.112. The second kappa shape index (κ2) is 13.9. The Balaban J connectivity index is 1.09. The van der Waals surface area contributed by atoms with Crippen molar-refractivity contribution in [1.29, 1.82) is 0 Å². The van der Waals surface area contributed by atoms with Crippen molar-refractivity contribution < 1.29 is 2.74 Å². The molecule has 0 bridgehead atoms.